The number of hydrogen-bond acceptors (Lipinski definition) is 5. The molecule has 7 nitrogen and oxygen atoms in total. The molecule has 0 saturated heterocycles. The maximum atomic E-state index is 12.4. The number of anilines is 1. The second-order valence-corrected chi connectivity index (χ2v) is 9.75. The van der Waals surface area contributed by atoms with E-state index >= 15 is 0 Å². The number of carbonyl (C=O) groups is 2. The van der Waals surface area contributed by atoms with Gasteiger partial charge in [0, 0.05) is 25.3 Å². The number of aryl methyl sites for hydroxylation is 2. The molecule has 3 N–H and O–H groups in total. The van der Waals surface area contributed by atoms with Gasteiger partial charge < -0.3 is 20.5 Å². The van der Waals surface area contributed by atoms with Gasteiger partial charge in [-0.1, -0.05) is 35.3 Å². The number of nitrogens with zero attached hydrogens (tertiary/aromatic N) is 1. The molecule has 2 heterocycles. The first-order valence-corrected chi connectivity index (χ1v) is 12.5. The fourth-order valence-corrected chi connectivity index (χ4v) is 4.82. The number of aliphatic carboxylic acids is 1. The summed E-state index contributed by atoms with van der Waals surface area (Å²) >= 11 is 12.0. The second kappa shape index (κ2) is 11.4. The number of carboxylic acid groups (broad SMARTS) is 1. The van der Waals surface area contributed by atoms with E-state index in [2.05, 4.69) is 22.8 Å². The number of halogens is 2. The van der Waals surface area contributed by atoms with Crippen LogP contribution in [0.4, 0.5) is 5.82 Å². The van der Waals surface area contributed by atoms with Crippen LogP contribution in [0.3, 0.4) is 0 Å². The number of carboxylic acids is 1. The summed E-state index contributed by atoms with van der Waals surface area (Å²) in [5.41, 5.74) is 2.57. The number of fused-ring (bicyclic) bond motifs is 1. The Morgan fingerprint density at radius 2 is 2.06 bits per heavy atom. The van der Waals surface area contributed by atoms with Gasteiger partial charge in [-0.15, -0.1) is 0 Å². The fraction of sp³-hybridized carbons (Fsp3) is 0.480. The standard InChI is InChI=1S/C25H29Cl2N3O4/c26-20-5-1-4-19(22(20)27)24(31)30-21(25(32)33)10-12-34-18-13-15(14-18)6-8-17-9-7-16-3-2-11-28-23(16)29-17/h1,4-5,7,9,15,18,21H,2-3,6,8,10-14H2,(H,28,29)(H,30,31)(H,32,33)/t15-,18-,21?. The topological polar surface area (TPSA) is 101 Å². The number of nitrogens with one attached hydrogen (secondary N) is 2. The molecule has 0 spiro atoms. The molecular weight excluding hydrogens is 477 g/mol. The van der Waals surface area contributed by atoms with Crippen molar-refractivity contribution < 1.29 is 19.4 Å². The number of amides is 1. The lowest BCUT2D eigenvalue weighted by Crippen LogP contribution is -2.42. The van der Waals surface area contributed by atoms with Crippen LogP contribution in [0.25, 0.3) is 0 Å². The molecule has 0 bridgehead atoms. The van der Waals surface area contributed by atoms with Crippen LogP contribution in [-0.2, 0) is 22.4 Å². The van der Waals surface area contributed by atoms with Gasteiger partial charge in [0.1, 0.15) is 11.9 Å². The van der Waals surface area contributed by atoms with Gasteiger partial charge in [0.2, 0.25) is 0 Å². The Balaban J connectivity index is 1.16. The zero-order valence-electron chi connectivity index (χ0n) is 18.9. The highest BCUT2D eigenvalue weighted by molar-refractivity contribution is 6.43. The molecule has 1 unspecified atom stereocenters. The number of carbonyl (C=O) groups excluding carboxylic acids is 1. The summed E-state index contributed by atoms with van der Waals surface area (Å²) in [6.45, 7) is 1.25. The Bertz CT molecular complexity index is 1040. The SMILES string of the molecule is O=C(NC(CCO[C@H]1C[C@H](CCc2ccc3c(n2)NCCC3)C1)C(=O)O)c1cccc(Cl)c1Cl. The van der Waals surface area contributed by atoms with E-state index in [9.17, 15) is 14.7 Å². The van der Waals surface area contributed by atoms with Crippen molar-refractivity contribution in [2.75, 3.05) is 18.5 Å². The lowest BCUT2D eigenvalue weighted by molar-refractivity contribution is -0.140. The van der Waals surface area contributed by atoms with E-state index in [-0.39, 0.29) is 34.7 Å². The molecule has 1 aromatic heterocycles. The summed E-state index contributed by atoms with van der Waals surface area (Å²) in [6.07, 6.45) is 6.51. The van der Waals surface area contributed by atoms with Crippen molar-refractivity contribution in [1.29, 1.82) is 0 Å². The highest BCUT2D eigenvalue weighted by Crippen LogP contribution is 2.34. The summed E-state index contributed by atoms with van der Waals surface area (Å²) in [7, 11) is 0. The first kappa shape index (κ1) is 24.8. The number of pyridine rings is 1. The van der Waals surface area contributed by atoms with E-state index < -0.39 is 17.9 Å². The summed E-state index contributed by atoms with van der Waals surface area (Å²) < 4.78 is 5.86. The third-order valence-corrected chi connectivity index (χ3v) is 7.33. The zero-order valence-corrected chi connectivity index (χ0v) is 20.4. The van der Waals surface area contributed by atoms with Crippen LogP contribution in [0.1, 0.15) is 53.7 Å². The highest BCUT2D eigenvalue weighted by atomic mass is 35.5. The van der Waals surface area contributed by atoms with E-state index in [4.69, 9.17) is 32.9 Å². The minimum atomic E-state index is -1.12. The largest absolute Gasteiger partial charge is 0.480 e. The molecule has 1 saturated carbocycles. The average molecular weight is 506 g/mol. The van der Waals surface area contributed by atoms with Gasteiger partial charge >= 0.3 is 5.97 Å². The highest BCUT2D eigenvalue weighted by Gasteiger charge is 2.30. The Kier molecular flexibility index (Phi) is 8.29. The summed E-state index contributed by atoms with van der Waals surface area (Å²) in [6, 6.07) is 7.92. The third kappa shape index (κ3) is 6.20. The molecular formula is C25H29Cl2N3O4. The van der Waals surface area contributed by atoms with Crippen LogP contribution in [0.2, 0.25) is 10.0 Å². The van der Waals surface area contributed by atoms with Crippen molar-refractivity contribution in [1.82, 2.24) is 10.3 Å². The minimum Gasteiger partial charge on any atom is -0.480 e. The Labute approximate surface area is 209 Å². The number of aromatic nitrogens is 1. The number of hydrogen-bond donors (Lipinski definition) is 3. The quantitative estimate of drug-likeness (QED) is 0.430. The van der Waals surface area contributed by atoms with E-state index in [1.165, 1.54) is 11.6 Å². The van der Waals surface area contributed by atoms with Gasteiger partial charge in [0.25, 0.3) is 5.91 Å². The van der Waals surface area contributed by atoms with Gasteiger partial charge in [-0.3, -0.25) is 4.79 Å². The predicted molar refractivity (Wildman–Crippen MR) is 132 cm³/mol. The van der Waals surface area contributed by atoms with Crippen molar-refractivity contribution in [3.8, 4) is 0 Å². The van der Waals surface area contributed by atoms with Crippen LogP contribution < -0.4 is 10.6 Å². The van der Waals surface area contributed by atoms with Crippen molar-refractivity contribution in [2.45, 2.75) is 57.1 Å². The monoisotopic (exact) mass is 505 g/mol. The van der Waals surface area contributed by atoms with Gasteiger partial charge in [0.15, 0.2) is 0 Å². The molecule has 1 aliphatic heterocycles. The molecule has 9 heteroatoms. The first-order chi connectivity index (χ1) is 16.4. The van der Waals surface area contributed by atoms with Crippen molar-refractivity contribution >= 4 is 40.9 Å². The van der Waals surface area contributed by atoms with E-state index in [0.717, 1.165) is 56.6 Å². The van der Waals surface area contributed by atoms with Crippen LogP contribution >= 0.6 is 23.2 Å². The van der Waals surface area contributed by atoms with Gasteiger partial charge in [0.05, 0.1) is 21.7 Å². The summed E-state index contributed by atoms with van der Waals surface area (Å²) in [5, 5.41) is 15.7. The van der Waals surface area contributed by atoms with Crippen molar-refractivity contribution in [3.05, 3.63) is 57.2 Å². The Morgan fingerprint density at radius 3 is 2.85 bits per heavy atom. The van der Waals surface area contributed by atoms with Gasteiger partial charge in [-0.2, -0.15) is 0 Å². The molecule has 1 aromatic carbocycles. The van der Waals surface area contributed by atoms with E-state index in [1.54, 1.807) is 12.1 Å². The zero-order chi connectivity index (χ0) is 24.1. The number of ether oxygens (including phenoxy) is 1. The molecule has 2 aromatic rings. The van der Waals surface area contributed by atoms with E-state index in [0.29, 0.717) is 5.92 Å². The molecule has 1 fully saturated rings. The maximum Gasteiger partial charge on any atom is 0.326 e. The molecule has 4 rings (SSSR count). The molecule has 0 radical (unpaired) electrons. The summed E-state index contributed by atoms with van der Waals surface area (Å²) in [5.74, 6) is -0.0600. The lowest BCUT2D eigenvalue weighted by atomic mass is 9.79. The summed E-state index contributed by atoms with van der Waals surface area (Å²) in [4.78, 5) is 28.8. The fourth-order valence-electron chi connectivity index (χ4n) is 4.43. The Hall–Kier alpha value is -2.35. The second-order valence-electron chi connectivity index (χ2n) is 8.96. The van der Waals surface area contributed by atoms with Crippen molar-refractivity contribution in [3.63, 3.8) is 0 Å². The smallest absolute Gasteiger partial charge is 0.326 e. The van der Waals surface area contributed by atoms with Crippen LogP contribution in [0.5, 0.6) is 0 Å². The average Bonchev–Trinajstić information content (AvgIpc) is 2.80. The van der Waals surface area contributed by atoms with Crippen LogP contribution in [0, 0.1) is 5.92 Å². The molecule has 1 amide bonds. The molecule has 1 aliphatic carbocycles. The van der Waals surface area contributed by atoms with Gasteiger partial charge in [-0.05, 0) is 68.2 Å². The number of rotatable bonds is 10. The maximum absolute atomic E-state index is 12.4. The van der Waals surface area contributed by atoms with Crippen LogP contribution in [0.15, 0.2) is 30.3 Å². The number of benzene rings is 1. The first-order valence-electron chi connectivity index (χ1n) is 11.7. The third-order valence-electron chi connectivity index (χ3n) is 6.51. The predicted octanol–water partition coefficient (Wildman–Crippen LogP) is 4.75. The lowest BCUT2D eigenvalue weighted by Gasteiger charge is -2.35. The molecule has 182 valence electrons. The Morgan fingerprint density at radius 1 is 1.24 bits per heavy atom. The van der Waals surface area contributed by atoms with E-state index in [1.807, 2.05) is 0 Å². The molecule has 2 aliphatic rings. The van der Waals surface area contributed by atoms with Crippen LogP contribution in [-0.4, -0.2) is 47.3 Å². The molecule has 1 atom stereocenters. The van der Waals surface area contributed by atoms with Crippen molar-refractivity contribution in [2.24, 2.45) is 5.92 Å². The van der Waals surface area contributed by atoms with Gasteiger partial charge in [-0.25, -0.2) is 9.78 Å². The normalized spacial score (nSPS) is 19.9. The minimum absolute atomic E-state index is 0.101. The molecule has 34 heavy (non-hydrogen) atoms.